The third-order valence-electron chi connectivity index (χ3n) is 4.43. The first-order valence-corrected chi connectivity index (χ1v) is 6.96. The molecule has 0 aromatic rings. The van der Waals surface area contributed by atoms with Gasteiger partial charge < -0.3 is 5.73 Å². The van der Waals surface area contributed by atoms with Crippen LogP contribution in [0.3, 0.4) is 0 Å². The Kier molecular flexibility index (Phi) is 4.22. The highest BCUT2D eigenvalue weighted by Gasteiger charge is 2.36. The van der Waals surface area contributed by atoms with Crippen LogP contribution in [0, 0.1) is 0 Å². The minimum Gasteiger partial charge on any atom is -0.330 e. The van der Waals surface area contributed by atoms with Gasteiger partial charge in [0.2, 0.25) is 0 Å². The van der Waals surface area contributed by atoms with Crippen molar-refractivity contribution in [3.05, 3.63) is 0 Å². The molecule has 94 valence electrons. The monoisotopic (exact) mass is 225 g/mol. The van der Waals surface area contributed by atoms with Crippen LogP contribution >= 0.6 is 0 Å². The summed E-state index contributed by atoms with van der Waals surface area (Å²) < 4.78 is 0. The van der Waals surface area contributed by atoms with Gasteiger partial charge in [0, 0.05) is 31.2 Å². The van der Waals surface area contributed by atoms with Crippen LogP contribution in [0.4, 0.5) is 0 Å². The molecule has 16 heavy (non-hydrogen) atoms. The Morgan fingerprint density at radius 1 is 1.38 bits per heavy atom. The van der Waals surface area contributed by atoms with Crippen molar-refractivity contribution in [1.29, 1.82) is 0 Å². The lowest BCUT2D eigenvalue weighted by molar-refractivity contribution is 0.0246. The van der Waals surface area contributed by atoms with Gasteiger partial charge in [-0.15, -0.1) is 0 Å². The van der Waals surface area contributed by atoms with E-state index in [0.717, 1.165) is 19.0 Å². The molecule has 2 rings (SSSR count). The summed E-state index contributed by atoms with van der Waals surface area (Å²) in [5.41, 5.74) is 5.73. The maximum absolute atomic E-state index is 5.73. The molecular formula is C13H27N3. The zero-order valence-corrected chi connectivity index (χ0v) is 10.9. The Labute approximate surface area is 100.0 Å². The van der Waals surface area contributed by atoms with Crippen molar-refractivity contribution in [2.45, 2.75) is 57.7 Å². The van der Waals surface area contributed by atoms with Gasteiger partial charge in [0.25, 0.3) is 0 Å². The number of hydrogen-bond acceptors (Lipinski definition) is 3. The van der Waals surface area contributed by atoms with Gasteiger partial charge in [0.15, 0.2) is 0 Å². The average molecular weight is 225 g/mol. The largest absolute Gasteiger partial charge is 0.330 e. The quantitative estimate of drug-likeness (QED) is 0.782. The van der Waals surface area contributed by atoms with Crippen LogP contribution in [0.1, 0.15) is 39.5 Å². The standard InChI is InChI=1S/C13H27N3/c1-3-12(6-7-14)16-10-13-5-4-8-15(13)9-11(16)2/h11-13H,3-10,14H2,1-2H3. The van der Waals surface area contributed by atoms with Crippen LogP contribution in [0.2, 0.25) is 0 Å². The highest BCUT2D eigenvalue weighted by Crippen LogP contribution is 2.27. The summed E-state index contributed by atoms with van der Waals surface area (Å²) >= 11 is 0. The molecule has 2 aliphatic heterocycles. The third-order valence-corrected chi connectivity index (χ3v) is 4.43. The van der Waals surface area contributed by atoms with E-state index in [1.165, 1.54) is 38.9 Å². The molecule has 0 radical (unpaired) electrons. The van der Waals surface area contributed by atoms with Gasteiger partial charge in [-0.1, -0.05) is 6.92 Å². The molecule has 3 nitrogen and oxygen atoms in total. The van der Waals surface area contributed by atoms with Crippen molar-refractivity contribution in [2.24, 2.45) is 5.73 Å². The van der Waals surface area contributed by atoms with E-state index in [9.17, 15) is 0 Å². The molecule has 0 saturated carbocycles. The summed E-state index contributed by atoms with van der Waals surface area (Å²) in [4.78, 5) is 5.41. The zero-order chi connectivity index (χ0) is 11.5. The predicted molar refractivity (Wildman–Crippen MR) is 68.5 cm³/mol. The molecule has 0 aromatic carbocycles. The molecule has 3 atom stereocenters. The maximum Gasteiger partial charge on any atom is 0.0224 e. The number of hydrogen-bond donors (Lipinski definition) is 1. The van der Waals surface area contributed by atoms with E-state index in [1.54, 1.807) is 0 Å². The Bertz CT molecular complexity index is 219. The normalized spacial score (nSPS) is 33.9. The summed E-state index contributed by atoms with van der Waals surface area (Å²) in [5.74, 6) is 0. The molecule has 0 spiro atoms. The lowest BCUT2D eigenvalue weighted by Gasteiger charge is -2.46. The van der Waals surface area contributed by atoms with Gasteiger partial charge in [0.05, 0.1) is 0 Å². The Morgan fingerprint density at radius 2 is 2.19 bits per heavy atom. The molecule has 0 aliphatic carbocycles. The van der Waals surface area contributed by atoms with Crippen LogP contribution in [0.25, 0.3) is 0 Å². The number of rotatable bonds is 4. The smallest absolute Gasteiger partial charge is 0.0224 e. The molecule has 0 bridgehead atoms. The van der Waals surface area contributed by atoms with Crippen molar-refractivity contribution < 1.29 is 0 Å². The number of nitrogens with two attached hydrogens (primary N) is 1. The third kappa shape index (κ3) is 2.41. The highest BCUT2D eigenvalue weighted by molar-refractivity contribution is 4.92. The van der Waals surface area contributed by atoms with Crippen molar-refractivity contribution in [1.82, 2.24) is 9.80 Å². The number of fused-ring (bicyclic) bond motifs is 1. The second-order valence-corrected chi connectivity index (χ2v) is 5.48. The van der Waals surface area contributed by atoms with Gasteiger partial charge in [-0.05, 0) is 45.7 Å². The molecular weight excluding hydrogens is 198 g/mol. The van der Waals surface area contributed by atoms with E-state index in [4.69, 9.17) is 5.73 Å². The Balaban J connectivity index is 1.97. The van der Waals surface area contributed by atoms with Gasteiger partial charge in [-0.2, -0.15) is 0 Å². The highest BCUT2D eigenvalue weighted by atomic mass is 15.3. The van der Waals surface area contributed by atoms with Crippen LogP contribution in [-0.4, -0.2) is 54.1 Å². The molecule has 0 amide bonds. The summed E-state index contributed by atoms with van der Waals surface area (Å²) in [5, 5.41) is 0. The van der Waals surface area contributed by atoms with Crippen LogP contribution in [-0.2, 0) is 0 Å². The van der Waals surface area contributed by atoms with Crippen LogP contribution < -0.4 is 5.73 Å². The first-order chi connectivity index (χ1) is 7.76. The fourth-order valence-electron chi connectivity index (χ4n) is 3.52. The number of nitrogens with zero attached hydrogens (tertiary/aromatic N) is 2. The van der Waals surface area contributed by atoms with Crippen LogP contribution in [0.5, 0.6) is 0 Å². The Hall–Kier alpha value is -0.120. The van der Waals surface area contributed by atoms with Crippen molar-refractivity contribution in [3.63, 3.8) is 0 Å². The SMILES string of the molecule is CCC(CCN)N1CC2CCCN2CC1C. The topological polar surface area (TPSA) is 32.5 Å². The van der Waals surface area contributed by atoms with E-state index in [0.29, 0.717) is 12.1 Å². The van der Waals surface area contributed by atoms with E-state index in [2.05, 4.69) is 23.6 Å². The van der Waals surface area contributed by atoms with Crippen LogP contribution in [0.15, 0.2) is 0 Å². The minimum atomic E-state index is 0.711. The molecule has 2 aliphatic rings. The average Bonchev–Trinajstić information content (AvgIpc) is 2.72. The fourth-order valence-corrected chi connectivity index (χ4v) is 3.52. The number of piperazine rings is 1. The zero-order valence-electron chi connectivity index (χ0n) is 10.9. The second kappa shape index (κ2) is 5.48. The Morgan fingerprint density at radius 3 is 2.88 bits per heavy atom. The molecule has 3 unspecified atom stereocenters. The molecule has 0 aromatic heterocycles. The molecule has 2 N–H and O–H groups in total. The second-order valence-electron chi connectivity index (χ2n) is 5.48. The van der Waals surface area contributed by atoms with E-state index < -0.39 is 0 Å². The molecule has 3 heteroatoms. The molecule has 2 fully saturated rings. The fraction of sp³-hybridized carbons (Fsp3) is 1.00. The van der Waals surface area contributed by atoms with E-state index >= 15 is 0 Å². The van der Waals surface area contributed by atoms with E-state index in [-0.39, 0.29) is 0 Å². The van der Waals surface area contributed by atoms with Crippen molar-refractivity contribution in [3.8, 4) is 0 Å². The van der Waals surface area contributed by atoms with Gasteiger partial charge in [-0.3, -0.25) is 9.80 Å². The van der Waals surface area contributed by atoms with Gasteiger partial charge in [-0.25, -0.2) is 0 Å². The molecule has 2 saturated heterocycles. The molecule has 2 heterocycles. The first kappa shape index (κ1) is 12.3. The first-order valence-electron chi connectivity index (χ1n) is 6.96. The maximum atomic E-state index is 5.73. The lowest BCUT2D eigenvalue weighted by atomic mass is 10.0. The summed E-state index contributed by atoms with van der Waals surface area (Å²) in [6, 6.07) is 2.26. The summed E-state index contributed by atoms with van der Waals surface area (Å²) in [6.45, 7) is 9.39. The summed E-state index contributed by atoms with van der Waals surface area (Å²) in [7, 11) is 0. The van der Waals surface area contributed by atoms with Crippen molar-refractivity contribution >= 4 is 0 Å². The van der Waals surface area contributed by atoms with E-state index in [1.807, 2.05) is 0 Å². The minimum absolute atomic E-state index is 0.711. The summed E-state index contributed by atoms with van der Waals surface area (Å²) in [6.07, 6.45) is 5.21. The predicted octanol–water partition coefficient (Wildman–Crippen LogP) is 1.28. The van der Waals surface area contributed by atoms with Crippen molar-refractivity contribution in [2.75, 3.05) is 26.2 Å². The lowest BCUT2D eigenvalue weighted by Crippen LogP contribution is -2.58. The van der Waals surface area contributed by atoms with Gasteiger partial charge in [0.1, 0.15) is 0 Å². The van der Waals surface area contributed by atoms with Gasteiger partial charge >= 0.3 is 0 Å².